The summed E-state index contributed by atoms with van der Waals surface area (Å²) in [6, 6.07) is 0.426. The second kappa shape index (κ2) is 6.23. The fourth-order valence-electron chi connectivity index (χ4n) is 1.83. The van der Waals surface area contributed by atoms with Gasteiger partial charge in [-0.15, -0.1) is 0 Å². The molecule has 5 heteroatoms. The van der Waals surface area contributed by atoms with E-state index in [0.29, 0.717) is 18.3 Å². The van der Waals surface area contributed by atoms with Crippen molar-refractivity contribution in [3.63, 3.8) is 0 Å². The van der Waals surface area contributed by atoms with Crippen LogP contribution in [0.1, 0.15) is 19.8 Å². The Kier molecular flexibility index (Phi) is 5.25. The summed E-state index contributed by atoms with van der Waals surface area (Å²) in [6.07, 6.45) is 3.46. The molecule has 1 aliphatic heterocycles. The van der Waals surface area contributed by atoms with E-state index in [1.54, 1.807) is 6.26 Å². The first-order valence-electron chi connectivity index (χ1n) is 5.40. The maximum Gasteiger partial charge on any atom is 0.223 e. The van der Waals surface area contributed by atoms with E-state index in [-0.39, 0.29) is 11.8 Å². The summed E-state index contributed by atoms with van der Waals surface area (Å²) in [5, 5.41) is 6.16. The van der Waals surface area contributed by atoms with E-state index in [0.717, 1.165) is 19.4 Å². The predicted molar refractivity (Wildman–Crippen MR) is 62.1 cm³/mol. The summed E-state index contributed by atoms with van der Waals surface area (Å²) in [4.78, 5) is 11.7. The molecule has 3 unspecified atom stereocenters. The van der Waals surface area contributed by atoms with Crippen LogP contribution in [0.4, 0.5) is 0 Å². The lowest BCUT2D eigenvalue weighted by Gasteiger charge is -2.27. The Morgan fingerprint density at radius 2 is 2.33 bits per heavy atom. The number of hydrogen-bond acceptors (Lipinski definition) is 3. The SMILES string of the molecule is CC1CC(C(=O)NCCS(C)=O)CCN1. The van der Waals surface area contributed by atoms with Gasteiger partial charge in [-0.25, -0.2) is 0 Å². The molecule has 1 rings (SSSR count). The van der Waals surface area contributed by atoms with Crippen LogP contribution in [0.15, 0.2) is 0 Å². The third kappa shape index (κ3) is 4.75. The van der Waals surface area contributed by atoms with Crippen molar-refractivity contribution in [3.05, 3.63) is 0 Å². The molecule has 0 aliphatic carbocycles. The highest BCUT2D eigenvalue weighted by Crippen LogP contribution is 2.15. The van der Waals surface area contributed by atoms with E-state index in [2.05, 4.69) is 17.6 Å². The number of carbonyl (C=O) groups is 1. The van der Waals surface area contributed by atoms with Gasteiger partial charge in [0.05, 0.1) is 0 Å². The van der Waals surface area contributed by atoms with E-state index in [1.165, 1.54) is 0 Å². The summed E-state index contributed by atoms with van der Waals surface area (Å²) in [6.45, 7) is 3.54. The van der Waals surface area contributed by atoms with Gasteiger partial charge in [0, 0.05) is 41.3 Å². The van der Waals surface area contributed by atoms with Crippen LogP contribution in [-0.4, -0.2) is 41.3 Å². The fraction of sp³-hybridized carbons (Fsp3) is 0.900. The van der Waals surface area contributed by atoms with Crippen LogP contribution in [0.3, 0.4) is 0 Å². The Hall–Kier alpha value is -0.420. The molecular formula is C10H20N2O2S. The van der Waals surface area contributed by atoms with E-state index in [9.17, 15) is 9.00 Å². The molecule has 0 spiro atoms. The molecule has 0 saturated carbocycles. The van der Waals surface area contributed by atoms with Crippen LogP contribution in [-0.2, 0) is 15.6 Å². The second-order valence-electron chi connectivity index (χ2n) is 4.14. The first kappa shape index (κ1) is 12.6. The van der Waals surface area contributed by atoms with Gasteiger partial charge in [0.15, 0.2) is 0 Å². The lowest BCUT2D eigenvalue weighted by molar-refractivity contribution is -0.125. The van der Waals surface area contributed by atoms with Crippen molar-refractivity contribution in [1.29, 1.82) is 0 Å². The Balaban J connectivity index is 2.24. The molecule has 1 amide bonds. The smallest absolute Gasteiger partial charge is 0.223 e. The number of amides is 1. The highest BCUT2D eigenvalue weighted by molar-refractivity contribution is 7.84. The highest BCUT2D eigenvalue weighted by Gasteiger charge is 2.24. The van der Waals surface area contributed by atoms with Crippen LogP contribution in [0.25, 0.3) is 0 Å². The standard InChI is InChI=1S/C10H20N2O2S/c1-8-7-9(3-4-11-8)10(13)12-5-6-15(2)14/h8-9,11H,3-7H2,1-2H3,(H,12,13). The summed E-state index contributed by atoms with van der Waals surface area (Å²) in [7, 11) is -0.821. The average molecular weight is 232 g/mol. The number of carbonyl (C=O) groups excluding carboxylic acids is 1. The van der Waals surface area contributed by atoms with Gasteiger partial charge in [0.2, 0.25) is 5.91 Å². The molecule has 1 saturated heterocycles. The maximum atomic E-state index is 11.7. The Labute approximate surface area is 93.7 Å². The van der Waals surface area contributed by atoms with E-state index in [4.69, 9.17) is 0 Å². The van der Waals surface area contributed by atoms with Gasteiger partial charge < -0.3 is 10.6 Å². The Morgan fingerprint density at radius 3 is 2.93 bits per heavy atom. The minimum Gasteiger partial charge on any atom is -0.355 e. The van der Waals surface area contributed by atoms with Crippen LogP contribution in [0, 0.1) is 5.92 Å². The zero-order valence-corrected chi connectivity index (χ0v) is 10.2. The van der Waals surface area contributed by atoms with Crippen LogP contribution >= 0.6 is 0 Å². The quantitative estimate of drug-likeness (QED) is 0.710. The molecule has 15 heavy (non-hydrogen) atoms. The van der Waals surface area contributed by atoms with Crippen LogP contribution in [0.2, 0.25) is 0 Å². The Morgan fingerprint density at radius 1 is 1.60 bits per heavy atom. The molecule has 4 nitrogen and oxygen atoms in total. The van der Waals surface area contributed by atoms with Crippen molar-refractivity contribution < 1.29 is 9.00 Å². The summed E-state index contributed by atoms with van der Waals surface area (Å²) >= 11 is 0. The van der Waals surface area contributed by atoms with Crippen LogP contribution < -0.4 is 10.6 Å². The van der Waals surface area contributed by atoms with E-state index >= 15 is 0 Å². The molecule has 0 radical (unpaired) electrons. The van der Waals surface area contributed by atoms with Gasteiger partial charge in [-0.2, -0.15) is 0 Å². The molecular weight excluding hydrogens is 212 g/mol. The molecule has 1 aliphatic rings. The van der Waals surface area contributed by atoms with Gasteiger partial charge >= 0.3 is 0 Å². The molecule has 0 aromatic rings. The molecule has 1 heterocycles. The van der Waals surface area contributed by atoms with Gasteiger partial charge in [-0.1, -0.05) is 0 Å². The van der Waals surface area contributed by atoms with Crippen molar-refractivity contribution in [3.8, 4) is 0 Å². The third-order valence-corrected chi connectivity index (χ3v) is 3.46. The highest BCUT2D eigenvalue weighted by atomic mass is 32.2. The van der Waals surface area contributed by atoms with Crippen molar-refractivity contribution in [2.45, 2.75) is 25.8 Å². The monoisotopic (exact) mass is 232 g/mol. The van der Waals surface area contributed by atoms with Gasteiger partial charge in [0.1, 0.15) is 0 Å². The topological polar surface area (TPSA) is 58.2 Å². The van der Waals surface area contributed by atoms with Crippen molar-refractivity contribution in [2.24, 2.45) is 5.92 Å². The van der Waals surface area contributed by atoms with Gasteiger partial charge in [-0.05, 0) is 26.3 Å². The third-order valence-electron chi connectivity index (χ3n) is 2.68. The molecule has 0 aromatic carbocycles. The fourth-order valence-corrected chi connectivity index (χ4v) is 2.22. The minimum atomic E-state index is -0.821. The first-order valence-corrected chi connectivity index (χ1v) is 7.13. The predicted octanol–water partition coefficient (Wildman–Crippen LogP) is -0.131. The normalized spacial score (nSPS) is 28.4. The zero-order valence-electron chi connectivity index (χ0n) is 9.41. The molecule has 0 bridgehead atoms. The summed E-state index contributed by atoms with van der Waals surface area (Å²) < 4.78 is 10.8. The number of piperidine rings is 1. The van der Waals surface area contributed by atoms with Gasteiger partial charge in [-0.3, -0.25) is 9.00 Å². The molecule has 0 aromatic heterocycles. The zero-order chi connectivity index (χ0) is 11.3. The van der Waals surface area contributed by atoms with Crippen LogP contribution in [0.5, 0.6) is 0 Å². The van der Waals surface area contributed by atoms with Crippen molar-refractivity contribution >= 4 is 16.7 Å². The second-order valence-corrected chi connectivity index (χ2v) is 5.70. The number of hydrogen-bond donors (Lipinski definition) is 2. The lowest BCUT2D eigenvalue weighted by atomic mass is 9.92. The number of nitrogens with one attached hydrogen (secondary N) is 2. The van der Waals surface area contributed by atoms with Crippen molar-refractivity contribution in [1.82, 2.24) is 10.6 Å². The van der Waals surface area contributed by atoms with Gasteiger partial charge in [0.25, 0.3) is 0 Å². The minimum absolute atomic E-state index is 0.119. The summed E-state index contributed by atoms with van der Waals surface area (Å²) in [5.74, 6) is 0.798. The Bertz CT molecular complexity index is 246. The first-order chi connectivity index (χ1) is 7.09. The molecule has 1 fully saturated rings. The van der Waals surface area contributed by atoms with Crippen molar-refractivity contribution in [2.75, 3.05) is 25.1 Å². The molecule has 3 atom stereocenters. The maximum absolute atomic E-state index is 11.7. The van der Waals surface area contributed by atoms with E-state index in [1.807, 2.05) is 0 Å². The lowest BCUT2D eigenvalue weighted by Crippen LogP contribution is -2.43. The van der Waals surface area contributed by atoms with E-state index < -0.39 is 10.8 Å². The summed E-state index contributed by atoms with van der Waals surface area (Å²) in [5.41, 5.74) is 0. The molecule has 2 N–H and O–H groups in total. The molecule has 88 valence electrons. The average Bonchev–Trinajstić information content (AvgIpc) is 2.17. The largest absolute Gasteiger partial charge is 0.355 e. The number of rotatable bonds is 4.